The first kappa shape index (κ1) is 18.8. The third-order valence-corrected chi connectivity index (χ3v) is 7.04. The predicted molar refractivity (Wildman–Crippen MR) is 106 cm³/mol. The molecule has 0 atom stereocenters. The second-order valence-electron chi connectivity index (χ2n) is 5.95. The Hall–Kier alpha value is -1.96. The van der Waals surface area contributed by atoms with Crippen LogP contribution in [0.2, 0.25) is 0 Å². The van der Waals surface area contributed by atoms with E-state index in [1.165, 1.54) is 11.3 Å². The lowest BCUT2D eigenvalue weighted by Crippen LogP contribution is -2.32. The Labute approximate surface area is 159 Å². The molecule has 1 aromatic carbocycles. The summed E-state index contributed by atoms with van der Waals surface area (Å²) in [5, 5.41) is 6.54. The average molecular weight is 390 g/mol. The van der Waals surface area contributed by atoms with Gasteiger partial charge in [-0.1, -0.05) is 44.5 Å². The third-order valence-electron chi connectivity index (χ3n) is 4.19. The molecule has 0 amide bonds. The lowest BCUT2D eigenvalue weighted by molar-refractivity contribution is 0.419. The highest BCUT2D eigenvalue weighted by Gasteiger charge is 2.29. The molecule has 2 aromatic heterocycles. The summed E-state index contributed by atoms with van der Waals surface area (Å²) in [6.07, 6.45) is 3.43. The van der Waals surface area contributed by atoms with Crippen LogP contribution in [-0.2, 0) is 10.0 Å². The minimum atomic E-state index is -3.61. The van der Waals surface area contributed by atoms with Gasteiger partial charge < -0.3 is 0 Å². The number of benzene rings is 1. The van der Waals surface area contributed by atoms with Gasteiger partial charge in [-0.15, -0.1) is 11.3 Å². The van der Waals surface area contributed by atoms with Gasteiger partial charge in [-0.2, -0.15) is 9.40 Å². The molecule has 0 spiro atoms. The summed E-state index contributed by atoms with van der Waals surface area (Å²) < 4.78 is 29.8. The fourth-order valence-corrected chi connectivity index (χ4v) is 5.17. The van der Waals surface area contributed by atoms with Crippen molar-refractivity contribution in [1.29, 1.82) is 0 Å². The maximum atomic E-state index is 13.3. The Morgan fingerprint density at radius 3 is 2.50 bits per heavy atom. The second-order valence-corrected chi connectivity index (χ2v) is 8.80. The highest BCUT2D eigenvalue weighted by molar-refractivity contribution is 7.89. The first-order valence-corrected chi connectivity index (χ1v) is 11.1. The van der Waals surface area contributed by atoms with E-state index in [1.807, 2.05) is 54.8 Å². The SMILES string of the molecule is CCCCN(CC)S(=O)(=O)c1cn(-c2ccccc2)nc1-c1cccs1. The molecule has 7 heteroatoms. The molecule has 3 aromatic rings. The van der Waals surface area contributed by atoms with Crippen molar-refractivity contribution < 1.29 is 8.42 Å². The van der Waals surface area contributed by atoms with E-state index >= 15 is 0 Å². The van der Waals surface area contributed by atoms with Crippen molar-refractivity contribution in [2.75, 3.05) is 13.1 Å². The van der Waals surface area contributed by atoms with Crippen LogP contribution in [0.1, 0.15) is 26.7 Å². The van der Waals surface area contributed by atoms with Crippen LogP contribution in [-0.4, -0.2) is 35.6 Å². The molecule has 0 bridgehead atoms. The molecule has 5 nitrogen and oxygen atoms in total. The fourth-order valence-electron chi connectivity index (χ4n) is 2.77. The lowest BCUT2D eigenvalue weighted by atomic mass is 10.3. The number of hydrogen-bond acceptors (Lipinski definition) is 4. The van der Waals surface area contributed by atoms with E-state index in [2.05, 4.69) is 12.0 Å². The van der Waals surface area contributed by atoms with E-state index in [4.69, 9.17) is 0 Å². The van der Waals surface area contributed by atoms with Crippen LogP contribution >= 0.6 is 11.3 Å². The Kier molecular flexibility index (Phi) is 5.90. The molecule has 26 heavy (non-hydrogen) atoms. The first-order valence-electron chi connectivity index (χ1n) is 8.77. The summed E-state index contributed by atoms with van der Waals surface area (Å²) in [7, 11) is -3.61. The fraction of sp³-hybridized carbons (Fsp3) is 0.316. The van der Waals surface area contributed by atoms with Gasteiger partial charge in [-0.25, -0.2) is 13.1 Å². The van der Waals surface area contributed by atoms with E-state index in [0.29, 0.717) is 18.8 Å². The van der Waals surface area contributed by atoms with E-state index in [-0.39, 0.29) is 4.90 Å². The second kappa shape index (κ2) is 8.16. The topological polar surface area (TPSA) is 55.2 Å². The average Bonchev–Trinajstić information content (AvgIpc) is 3.32. The number of rotatable bonds is 8. The molecule has 0 unspecified atom stereocenters. The molecule has 0 aliphatic rings. The number of hydrogen-bond donors (Lipinski definition) is 0. The monoisotopic (exact) mass is 389 g/mol. The number of aromatic nitrogens is 2. The van der Waals surface area contributed by atoms with Crippen LogP contribution in [0.25, 0.3) is 16.3 Å². The van der Waals surface area contributed by atoms with Gasteiger partial charge >= 0.3 is 0 Å². The number of unbranched alkanes of at least 4 members (excludes halogenated alkanes) is 1. The van der Waals surface area contributed by atoms with Gasteiger partial charge in [0, 0.05) is 13.1 Å². The Morgan fingerprint density at radius 2 is 1.88 bits per heavy atom. The molecular formula is C19H23N3O2S2. The summed E-state index contributed by atoms with van der Waals surface area (Å²) >= 11 is 1.49. The first-order chi connectivity index (χ1) is 12.6. The molecule has 0 aliphatic carbocycles. The quantitative estimate of drug-likeness (QED) is 0.573. The minimum absolute atomic E-state index is 0.266. The third kappa shape index (κ3) is 3.75. The zero-order valence-corrected chi connectivity index (χ0v) is 16.6. The Bertz CT molecular complexity index is 933. The van der Waals surface area contributed by atoms with Crippen molar-refractivity contribution in [2.24, 2.45) is 0 Å². The molecular weight excluding hydrogens is 366 g/mol. The van der Waals surface area contributed by atoms with Gasteiger partial charge in [0.15, 0.2) is 0 Å². The van der Waals surface area contributed by atoms with Crippen LogP contribution in [0.3, 0.4) is 0 Å². The predicted octanol–water partition coefficient (Wildman–Crippen LogP) is 4.41. The van der Waals surface area contributed by atoms with E-state index in [1.54, 1.807) is 15.2 Å². The van der Waals surface area contributed by atoms with Gasteiger partial charge in [0.25, 0.3) is 0 Å². The van der Waals surface area contributed by atoms with Crippen molar-refractivity contribution in [1.82, 2.24) is 14.1 Å². The maximum Gasteiger partial charge on any atom is 0.246 e. The van der Waals surface area contributed by atoms with Crippen molar-refractivity contribution in [3.63, 3.8) is 0 Å². The van der Waals surface area contributed by atoms with Gasteiger partial charge in [-0.05, 0) is 30.0 Å². The molecule has 0 saturated carbocycles. The normalized spacial score (nSPS) is 12.0. The summed E-state index contributed by atoms with van der Waals surface area (Å²) in [5.41, 5.74) is 1.35. The van der Waals surface area contributed by atoms with Crippen LogP contribution in [0, 0.1) is 0 Å². The summed E-state index contributed by atoms with van der Waals surface area (Å²) in [5.74, 6) is 0. The van der Waals surface area contributed by atoms with E-state index < -0.39 is 10.0 Å². The van der Waals surface area contributed by atoms with Crippen LogP contribution in [0.15, 0.2) is 58.9 Å². The molecule has 3 rings (SSSR count). The highest BCUT2D eigenvalue weighted by Crippen LogP contribution is 2.32. The zero-order valence-electron chi connectivity index (χ0n) is 15.0. The number of thiophene rings is 1. The number of nitrogens with zero attached hydrogens (tertiary/aromatic N) is 3. The lowest BCUT2D eigenvalue weighted by Gasteiger charge is -2.19. The largest absolute Gasteiger partial charge is 0.246 e. The zero-order chi connectivity index (χ0) is 18.6. The molecule has 0 saturated heterocycles. The molecule has 0 fully saturated rings. The van der Waals surface area contributed by atoms with Gasteiger partial charge in [0.2, 0.25) is 10.0 Å². The van der Waals surface area contributed by atoms with Crippen molar-refractivity contribution >= 4 is 21.4 Å². The van der Waals surface area contributed by atoms with Crippen LogP contribution in [0.4, 0.5) is 0 Å². The Balaban J connectivity index is 2.11. The smallest absolute Gasteiger partial charge is 0.239 e. The van der Waals surface area contributed by atoms with E-state index in [0.717, 1.165) is 23.4 Å². The van der Waals surface area contributed by atoms with Crippen molar-refractivity contribution in [3.05, 3.63) is 54.0 Å². The van der Waals surface area contributed by atoms with Gasteiger partial charge in [0.05, 0.1) is 16.8 Å². The van der Waals surface area contributed by atoms with Gasteiger partial charge in [0.1, 0.15) is 10.6 Å². The summed E-state index contributed by atoms with van der Waals surface area (Å²) in [4.78, 5) is 1.12. The minimum Gasteiger partial charge on any atom is -0.239 e. The van der Waals surface area contributed by atoms with Crippen molar-refractivity contribution in [3.8, 4) is 16.3 Å². The number of para-hydroxylation sites is 1. The summed E-state index contributed by atoms with van der Waals surface area (Å²) in [6, 6.07) is 13.4. The molecule has 2 heterocycles. The Morgan fingerprint density at radius 1 is 1.12 bits per heavy atom. The molecule has 0 radical (unpaired) electrons. The van der Waals surface area contributed by atoms with Crippen LogP contribution < -0.4 is 0 Å². The molecule has 0 N–H and O–H groups in total. The van der Waals surface area contributed by atoms with E-state index in [9.17, 15) is 8.42 Å². The number of sulfonamides is 1. The van der Waals surface area contributed by atoms with Gasteiger partial charge in [-0.3, -0.25) is 0 Å². The standard InChI is InChI=1S/C19H23N3O2S2/c1-3-5-13-21(4-2)26(23,24)18-15-22(16-10-7-6-8-11-16)20-19(18)17-12-9-14-25-17/h6-12,14-15H,3-5,13H2,1-2H3. The maximum absolute atomic E-state index is 13.3. The molecule has 0 aliphatic heterocycles. The van der Waals surface area contributed by atoms with Crippen molar-refractivity contribution in [2.45, 2.75) is 31.6 Å². The molecule has 138 valence electrons. The highest BCUT2D eigenvalue weighted by atomic mass is 32.2. The van der Waals surface area contributed by atoms with Crippen LogP contribution in [0.5, 0.6) is 0 Å². The summed E-state index contributed by atoms with van der Waals surface area (Å²) in [6.45, 7) is 4.91.